The molecule has 0 radical (unpaired) electrons. The van der Waals surface area contributed by atoms with E-state index in [1.54, 1.807) is 10.7 Å². The first-order chi connectivity index (χ1) is 13.2. The summed E-state index contributed by atoms with van der Waals surface area (Å²) in [4.78, 5) is 4.30. The predicted molar refractivity (Wildman–Crippen MR) is 101 cm³/mol. The van der Waals surface area contributed by atoms with E-state index in [2.05, 4.69) is 25.3 Å². The normalized spacial score (nSPS) is 14.5. The minimum atomic E-state index is -0.347. The number of benzene rings is 2. The lowest BCUT2D eigenvalue weighted by Gasteiger charge is -2.36. The molecule has 2 heterocycles. The molecule has 1 saturated heterocycles. The van der Waals surface area contributed by atoms with Crippen LogP contribution < -0.4 is 14.5 Å². The van der Waals surface area contributed by atoms with Gasteiger partial charge >= 0.3 is 0 Å². The SMILES string of the molecule is COc1ccc(N2CCN(c3nnnn3-c3ccc(C)cc3)CC2)cc1F. The lowest BCUT2D eigenvalue weighted by atomic mass is 10.2. The van der Waals surface area contributed by atoms with Gasteiger partial charge in [0.25, 0.3) is 0 Å². The van der Waals surface area contributed by atoms with Crippen LogP contribution in [0.4, 0.5) is 16.0 Å². The van der Waals surface area contributed by atoms with Crippen molar-refractivity contribution in [3.8, 4) is 11.4 Å². The zero-order chi connectivity index (χ0) is 18.8. The second kappa shape index (κ2) is 7.22. The third kappa shape index (κ3) is 3.42. The maximum absolute atomic E-state index is 14.0. The Kier molecular flexibility index (Phi) is 4.62. The largest absolute Gasteiger partial charge is 0.494 e. The van der Waals surface area contributed by atoms with Crippen LogP contribution >= 0.6 is 0 Å². The average molecular weight is 368 g/mol. The van der Waals surface area contributed by atoms with Gasteiger partial charge in [-0.2, -0.15) is 4.68 Å². The maximum atomic E-state index is 14.0. The van der Waals surface area contributed by atoms with Gasteiger partial charge in [0.1, 0.15) is 0 Å². The van der Waals surface area contributed by atoms with Crippen LogP contribution in [0.15, 0.2) is 42.5 Å². The number of rotatable bonds is 4. The first-order valence-corrected chi connectivity index (χ1v) is 8.84. The van der Waals surface area contributed by atoms with Crippen molar-refractivity contribution in [1.82, 2.24) is 20.2 Å². The number of anilines is 2. The van der Waals surface area contributed by atoms with Crippen molar-refractivity contribution in [1.29, 1.82) is 0 Å². The summed E-state index contributed by atoms with van der Waals surface area (Å²) in [6.45, 7) is 5.06. The van der Waals surface area contributed by atoms with Crippen molar-refractivity contribution in [2.45, 2.75) is 6.92 Å². The number of halogens is 1. The molecule has 140 valence electrons. The minimum absolute atomic E-state index is 0.259. The third-order valence-electron chi connectivity index (χ3n) is 4.79. The number of tetrazole rings is 1. The molecular formula is C19H21FN6O. The molecule has 0 bridgehead atoms. The lowest BCUT2D eigenvalue weighted by molar-refractivity contribution is 0.386. The molecule has 1 aromatic heterocycles. The first kappa shape index (κ1) is 17.3. The molecule has 0 unspecified atom stereocenters. The van der Waals surface area contributed by atoms with Crippen LogP contribution in [0.1, 0.15) is 5.56 Å². The van der Waals surface area contributed by atoms with Gasteiger partial charge < -0.3 is 14.5 Å². The molecule has 0 atom stereocenters. The van der Waals surface area contributed by atoms with Crippen LogP contribution in [0.5, 0.6) is 5.75 Å². The summed E-state index contributed by atoms with van der Waals surface area (Å²) in [5.41, 5.74) is 2.97. The average Bonchev–Trinajstić information content (AvgIpc) is 3.18. The maximum Gasteiger partial charge on any atom is 0.250 e. The molecule has 1 aliphatic rings. The van der Waals surface area contributed by atoms with Crippen LogP contribution in [0.3, 0.4) is 0 Å². The Morgan fingerprint density at radius 2 is 1.59 bits per heavy atom. The number of nitrogens with zero attached hydrogens (tertiary/aromatic N) is 6. The van der Waals surface area contributed by atoms with E-state index in [-0.39, 0.29) is 11.6 Å². The highest BCUT2D eigenvalue weighted by Crippen LogP contribution is 2.25. The molecule has 4 rings (SSSR count). The van der Waals surface area contributed by atoms with E-state index in [1.807, 2.05) is 37.3 Å². The summed E-state index contributed by atoms with van der Waals surface area (Å²) in [5, 5.41) is 12.2. The molecule has 0 saturated carbocycles. The number of aromatic nitrogens is 4. The van der Waals surface area contributed by atoms with Crippen LogP contribution in [0.25, 0.3) is 5.69 Å². The predicted octanol–water partition coefficient (Wildman–Crippen LogP) is 2.45. The Balaban J connectivity index is 1.48. The van der Waals surface area contributed by atoms with Gasteiger partial charge in [-0.3, -0.25) is 0 Å². The van der Waals surface area contributed by atoms with Crippen LogP contribution in [0.2, 0.25) is 0 Å². The monoisotopic (exact) mass is 368 g/mol. The molecule has 0 amide bonds. The number of piperazine rings is 1. The molecule has 1 aliphatic heterocycles. The highest BCUT2D eigenvalue weighted by Gasteiger charge is 2.23. The number of ether oxygens (including phenoxy) is 1. The molecular weight excluding hydrogens is 347 g/mol. The van der Waals surface area contributed by atoms with E-state index in [0.717, 1.165) is 43.5 Å². The highest BCUT2D eigenvalue weighted by atomic mass is 19.1. The summed E-state index contributed by atoms with van der Waals surface area (Å²) >= 11 is 0. The van der Waals surface area contributed by atoms with Gasteiger partial charge in [-0.05, 0) is 41.6 Å². The van der Waals surface area contributed by atoms with Crippen LogP contribution in [-0.4, -0.2) is 53.5 Å². The van der Waals surface area contributed by atoms with Crippen molar-refractivity contribution in [2.75, 3.05) is 43.1 Å². The molecule has 27 heavy (non-hydrogen) atoms. The molecule has 3 aromatic rings. The van der Waals surface area contributed by atoms with Gasteiger partial charge in [0.2, 0.25) is 5.95 Å². The van der Waals surface area contributed by atoms with Gasteiger partial charge in [0, 0.05) is 37.9 Å². The smallest absolute Gasteiger partial charge is 0.250 e. The zero-order valence-corrected chi connectivity index (χ0v) is 15.3. The Morgan fingerprint density at radius 3 is 2.26 bits per heavy atom. The second-order valence-corrected chi connectivity index (χ2v) is 6.52. The molecule has 0 N–H and O–H groups in total. The molecule has 7 nitrogen and oxygen atoms in total. The zero-order valence-electron chi connectivity index (χ0n) is 15.3. The first-order valence-electron chi connectivity index (χ1n) is 8.84. The summed E-state index contributed by atoms with van der Waals surface area (Å²) in [5.74, 6) is 0.634. The minimum Gasteiger partial charge on any atom is -0.494 e. The fourth-order valence-electron chi connectivity index (χ4n) is 3.25. The Morgan fingerprint density at radius 1 is 0.926 bits per heavy atom. The summed E-state index contributed by atoms with van der Waals surface area (Å²) in [6.07, 6.45) is 0. The molecule has 8 heteroatoms. The Bertz CT molecular complexity index is 918. The fraction of sp³-hybridized carbons (Fsp3) is 0.316. The molecule has 2 aromatic carbocycles. The molecule has 0 spiro atoms. The van der Waals surface area contributed by atoms with Crippen molar-refractivity contribution in [3.63, 3.8) is 0 Å². The van der Waals surface area contributed by atoms with E-state index in [0.29, 0.717) is 0 Å². The number of aryl methyl sites for hydroxylation is 1. The number of methoxy groups -OCH3 is 1. The van der Waals surface area contributed by atoms with Crippen LogP contribution in [-0.2, 0) is 0 Å². The van der Waals surface area contributed by atoms with E-state index in [1.165, 1.54) is 18.7 Å². The second-order valence-electron chi connectivity index (χ2n) is 6.52. The fourth-order valence-corrected chi connectivity index (χ4v) is 3.25. The summed E-state index contributed by atoms with van der Waals surface area (Å²) < 4.78 is 20.7. The quantitative estimate of drug-likeness (QED) is 0.705. The number of hydrogen-bond donors (Lipinski definition) is 0. The van der Waals surface area contributed by atoms with Gasteiger partial charge in [0.05, 0.1) is 12.8 Å². The Labute approximate surface area is 157 Å². The van der Waals surface area contributed by atoms with E-state index in [4.69, 9.17) is 4.74 Å². The van der Waals surface area contributed by atoms with Gasteiger partial charge in [-0.1, -0.05) is 22.8 Å². The van der Waals surface area contributed by atoms with Crippen LogP contribution in [0, 0.1) is 12.7 Å². The summed E-state index contributed by atoms with van der Waals surface area (Å²) in [6, 6.07) is 13.2. The third-order valence-corrected chi connectivity index (χ3v) is 4.79. The van der Waals surface area contributed by atoms with Crippen molar-refractivity contribution in [2.24, 2.45) is 0 Å². The highest BCUT2D eigenvalue weighted by molar-refractivity contribution is 5.52. The van der Waals surface area contributed by atoms with Gasteiger partial charge in [0.15, 0.2) is 11.6 Å². The van der Waals surface area contributed by atoms with Crippen molar-refractivity contribution < 1.29 is 9.13 Å². The Hall–Kier alpha value is -3.16. The van der Waals surface area contributed by atoms with Crippen molar-refractivity contribution >= 4 is 11.6 Å². The summed E-state index contributed by atoms with van der Waals surface area (Å²) in [7, 11) is 1.47. The number of hydrogen-bond acceptors (Lipinski definition) is 6. The van der Waals surface area contributed by atoms with Gasteiger partial charge in [-0.15, -0.1) is 0 Å². The van der Waals surface area contributed by atoms with E-state index < -0.39 is 0 Å². The molecule has 1 fully saturated rings. The topological polar surface area (TPSA) is 59.3 Å². The van der Waals surface area contributed by atoms with Crippen molar-refractivity contribution in [3.05, 3.63) is 53.8 Å². The molecule has 0 aliphatic carbocycles. The standard InChI is InChI=1S/C19H21FN6O/c1-14-3-5-15(6-4-14)26-19(21-22-23-26)25-11-9-24(10-12-25)16-7-8-18(27-2)17(20)13-16/h3-8,13H,9-12H2,1-2H3. The van der Waals surface area contributed by atoms with Gasteiger partial charge in [-0.25, -0.2) is 4.39 Å². The van der Waals surface area contributed by atoms with E-state index in [9.17, 15) is 4.39 Å². The lowest BCUT2D eigenvalue weighted by Crippen LogP contribution is -2.47. The van der Waals surface area contributed by atoms with E-state index >= 15 is 0 Å².